The molecular formula is C6H5BrClNO3. The lowest BCUT2D eigenvalue weighted by molar-refractivity contribution is -1.62. The zero-order chi connectivity index (χ0) is 9.14. The number of nitrogen functional groups attached to an aromatic ring is 1. The van der Waals surface area contributed by atoms with Crippen LogP contribution in [0.2, 0.25) is 5.02 Å². The maximum Gasteiger partial charge on any atom is 0.501 e. The summed E-state index contributed by atoms with van der Waals surface area (Å²) in [5.74, 6) is -0.000772. The van der Waals surface area contributed by atoms with Gasteiger partial charge in [0.05, 0.1) is 10.7 Å². The quantitative estimate of drug-likeness (QED) is 0.714. The Morgan fingerprint density at radius 1 is 1.42 bits per heavy atom. The lowest BCUT2D eigenvalue weighted by Crippen LogP contribution is -2.37. The molecule has 0 aliphatic rings. The normalized spacial score (nSPS) is 10.3. The first-order valence-corrected chi connectivity index (χ1v) is 5.21. The Morgan fingerprint density at radius 2 is 2.08 bits per heavy atom. The number of nitrogens with two attached hydrogens (primary N) is 1. The maximum atomic E-state index is 10.2. The van der Waals surface area contributed by atoms with Crippen molar-refractivity contribution in [1.82, 2.24) is 0 Å². The lowest BCUT2D eigenvalue weighted by atomic mass is 10.3. The molecule has 0 atom stereocenters. The van der Waals surface area contributed by atoms with Gasteiger partial charge in [-0.05, 0) is 12.1 Å². The molecule has 1 aromatic rings. The first-order chi connectivity index (χ1) is 5.61. The van der Waals surface area contributed by atoms with Crippen LogP contribution in [0.3, 0.4) is 0 Å². The average molecular weight is 254 g/mol. The molecule has 0 saturated heterocycles. The van der Waals surface area contributed by atoms with Crippen LogP contribution in [0.4, 0.5) is 5.69 Å². The number of hydrogen-bond acceptors (Lipinski definition) is 4. The van der Waals surface area contributed by atoms with Crippen molar-refractivity contribution in [1.29, 1.82) is 0 Å². The number of hydrogen-bond donors (Lipinski definition) is 1. The largest absolute Gasteiger partial charge is 0.501 e. The van der Waals surface area contributed by atoms with Crippen molar-refractivity contribution < 1.29 is 27.0 Å². The van der Waals surface area contributed by atoms with E-state index in [0.29, 0.717) is 0 Å². The minimum Gasteiger partial charge on any atom is -0.395 e. The van der Waals surface area contributed by atoms with Crippen LogP contribution in [0.1, 0.15) is 0 Å². The van der Waals surface area contributed by atoms with Gasteiger partial charge in [0, 0.05) is 0 Å². The van der Waals surface area contributed by atoms with Gasteiger partial charge >= 0.3 is 14.8 Å². The Morgan fingerprint density at radius 3 is 2.58 bits per heavy atom. The second-order valence-corrected chi connectivity index (χ2v) is 3.45. The molecule has 2 N–H and O–H groups in total. The molecule has 12 heavy (non-hydrogen) atoms. The summed E-state index contributed by atoms with van der Waals surface area (Å²) < 4.78 is 24.8. The number of rotatable bonds is 2. The lowest BCUT2D eigenvalue weighted by Gasteiger charge is -2.00. The molecule has 0 aliphatic heterocycles. The fraction of sp³-hybridized carbons (Fsp3) is 0. The van der Waals surface area contributed by atoms with Gasteiger partial charge in [-0.3, -0.25) is 0 Å². The second-order valence-electron chi connectivity index (χ2n) is 1.92. The van der Waals surface area contributed by atoms with Gasteiger partial charge in [-0.25, -0.2) is 0 Å². The minimum absolute atomic E-state index is 0.000772. The summed E-state index contributed by atoms with van der Waals surface area (Å²) in [4.78, 5) is 0. The highest BCUT2D eigenvalue weighted by Gasteiger charge is 2.18. The van der Waals surface area contributed by atoms with E-state index in [1.54, 1.807) is 6.07 Å². The topological polar surface area (TPSA) is 81.4 Å². The molecule has 0 spiro atoms. The molecule has 0 radical (unpaired) electrons. The van der Waals surface area contributed by atoms with Crippen LogP contribution < -0.4 is 18.0 Å². The first kappa shape index (κ1) is 9.60. The predicted molar refractivity (Wildman–Crippen MR) is 36.5 cm³/mol. The highest BCUT2D eigenvalue weighted by molar-refractivity contribution is 6.32. The molecule has 6 heteroatoms. The van der Waals surface area contributed by atoms with Gasteiger partial charge in [-0.2, -0.15) is 0 Å². The standard InChI is InChI=1S/C6H5BrClNO3/c8-4-2-1-3-5(9)6(4)12-7(10)11/h1-3H,9H2. The van der Waals surface area contributed by atoms with Gasteiger partial charge in [0.1, 0.15) is 0 Å². The molecule has 1 aromatic carbocycles. The minimum atomic E-state index is -3.32. The van der Waals surface area contributed by atoms with Crippen molar-refractivity contribution in [2.75, 3.05) is 5.73 Å². The van der Waals surface area contributed by atoms with Gasteiger partial charge in [-0.1, -0.05) is 17.7 Å². The van der Waals surface area contributed by atoms with Crippen LogP contribution in [-0.4, -0.2) is 0 Å². The summed E-state index contributed by atoms with van der Waals surface area (Å²) in [7, 11) is 0. The van der Waals surface area contributed by atoms with Crippen molar-refractivity contribution in [3.05, 3.63) is 23.2 Å². The first-order valence-electron chi connectivity index (χ1n) is 2.89. The SMILES string of the molecule is Nc1cccc(Cl)c1O[Br+2]([O-])[O-]. The molecule has 4 nitrogen and oxygen atoms in total. The van der Waals surface area contributed by atoms with Gasteiger partial charge in [0.15, 0.2) is 0 Å². The van der Waals surface area contributed by atoms with Crippen molar-refractivity contribution in [2.24, 2.45) is 0 Å². The van der Waals surface area contributed by atoms with Gasteiger partial charge in [-0.15, -0.1) is 3.83 Å². The van der Waals surface area contributed by atoms with Crippen LogP contribution in [0, 0.1) is 14.8 Å². The summed E-state index contributed by atoms with van der Waals surface area (Å²) >= 11 is 2.29. The molecular weight excluding hydrogens is 249 g/mol. The second kappa shape index (κ2) is 3.95. The Bertz CT molecular complexity index is 261. The number of anilines is 1. The molecule has 0 amide bonds. The van der Waals surface area contributed by atoms with E-state index >= 15 is 0 Å². The van der Waals surface area contributed by atoms with Crippen LogP contribution in [0.15, 0.2) is 18.2 Å². The molecule has 0 heterocycles. The van der Waals surface area contributed by atoms with E-state index in [9.17, 15) is 8.40 Å². The van der Waals surface area contributed by atoms with E-state index in [4.69, 9.17) is 17.3 Å². The van der Waals surface area contributed by atoms with Crippen molar-refractivity contribution in [3.63, 3.8) is 0 Å². The third kappa shape index (κ3) is 2.25. The smallest absolute Gasteiger partial charge is 0.395 e. The zero-order valence-corrected chi connectivity index (χ0v) is 8.13. The molecule has 0 aromatic heterocycles. The maximum absolute atomic E-state index is 10.2. The average Bonchev–Trinajstić information content (AvgIpc) is 1.97. The van der Waals surface area contributed by atoms with Crippen molar-refractivity contribution >= 4 is 17.3 Å². The Kier molecular flexibility index (Phi) is 3.16. The Hall–Kier alpha value is -0.490. The molecule has 0 aliphatic carbocycles. The van der Waals surface area contributed by atoms with Crippen LogP contribution in [0.25, 0.3) is 0 Å². The monoisotopic (exact) mass is 253 g/mol. The number of benzene rings is 1. The predicted octanol–water partition coefficient (Wildman–Crippen LogP) is -0.613. The van der Waals surface area contributed by atoms with Gasteiger partial charge in [0.2, 0.25) is 0 Å². The van der Waals surface area contributed by atoms with Gasteiger partial charge in [0.25, 0.3) is 5.75 Å². The van der Waals surface area contributed by atoms with Crippen LogP contribution >= 0.6 is 11.6 Å². The summed E-state index contributed by atoms with van der Waals surface area (Å²) in [6, 6.07) is 4.61. The third-order valence-electron chi connectivity index (χ3n) is 1.14. The molecule has 0 bridgehead atoms. The van der Waals surface area contributed by atoms with Crippen LogP contribution in [-0.2, 0) is 0 Å². The summed E-state index contributed by atoms with van der Waals surface area (Å²) in [6.45, 7) is 0. The highest BCUT2D eigenvalue weighted by Crippen LogP contribution is 2.30. The molecule has 0 unspecified atom stereocenters. The van der Waals surface area contributed by atoms with E-state index in [0.717, 1.165) is 0 Å². The Labute approximate surface area is 79.3 Å². The Balaban J connectivity index is 2.96. The highest BCUT2D eigenvalue weighted by atomic mass is 80.0. The zero-order valence-electron chi connectivity index (χ0n) is 5.79. The summed E-state index contributed by atoms with van der Waals surface area (Å²) in [5.41, 5.74) is 5.60. The van der Waals surface area contributed by atoms with E-state index in [2.05, 4.69) is 3.83 Å². The van der Waals surface area contributed by atoms with E-state index in [1.807, 2.05) is 0 Å². The van der Waals surface area contributed by atoms with Crippen molar-refractivity contribution in [2.45, 2.75) is 0 Å². The fourth-order valence-electron chi connectivity index (χ4n) is 0.670. The van der Waals surface area contributed by atoms with Gasteiger partial charge < -0.3 is 14.1 Å². The third-order valence-corrected chi connectivity index (χ3v) is 2.02. The van der Waals surface area contributed by atoms with E-state index in [-0.39, 0.29) is 16.5 Å². The summed E-state index contributed by atoms with van der Waals surface area (Å²) in [6.07, 6.45) is 0. The van der Waals surface area contributed by atoms with E-state index in [1.165, 1.54) is 12.1 Å². The number of para-hydroxylation sites is 1. The fourth-order valence-corrected chi connectivity index (χ4v) is 1.61. The van der Waals surface area contributed by atoms with Crippen molar-refractivity contribution in [3.8, 4) is 5.75 Å². The molecule has 1 rings (SSSR count). The van der Waals surface area contributed by atoms with Crippen LogP contribution in [0.5, 0.6) is 5.75 Å². The molecule has 66 valence electrons. The molecule has 0 saturated carbocycles. The van der Waals surface area contributed by atoms with E-state index < -0.39 is 14.8 Å². The number of halogens is 2. The molecule has 0 fully saturated rings. The summed E-state index contributed by atoms with van der Waals surface area (Å²) in [5, 5.41) is 0.185.